The normalized spacial score (nSPS) is 17.1. The first-order chi connectivity index (χ1) is 14.1. The number of fused-ring (bicyclic) bond motifs is 1. The fourth-order valence-corrected chi connectivity index (χ4v) is 4.22. The molecular weight excluding hydrogens is 390 g/mol. The minimum Gasteiger partial charge on any atom is -0.341 e. The Kier molecular flexibility index (Phi) is 4.62. The van der Waals surface area contributed by atoms with E-state index in [0.29, 0.717) is 22.1 Å². The van der Waals surface area contributed by atoms with Crippen molar-refractivity contribution in [3.8, 4) is 5.69 Å². The van der Waals surface area contributed by atoms with Crippen molar-refractivity contribution >= 4 is 28.4 Å². The lowest BCUT2D eigenvalue weighted by Gasteiger charge is -2.26. The number of hydrogen-bond acceptors (Lipinski definition) is 4. The zero-order valence-electron chi connectivity index (χ0n) is 16.1. The summed E-state index contributed by atoms with van der Waals surface area (Å²) in [6.07, 6.45) is 6.98. The summed E-state index contributed by atoms with van der Waals surface area (Å²) in [6.45, 7) is 1.48. The van der Waals surface area contributed by atoms with Gasteiger partial charge in [0, 0.05) is 29.4 Å². The van der Waals surface area contributed by atoms with Gasteiger partial charge < -0.3 is 4.90 Å². The molecule has 2 fully saturated rings. The van der Waals surface area contributed by atoms with Gasteiger partial charge in [0.1, 0.15) is 12.1 Å². The predicted octanol–water partition coefficient (Wildman–Crippen LogP) is 3.13. The zero-order valence-corrected chi connectivity index (χ0v) is 16.8. The maximum absolute atomic E-state index is 13.3. The second-order valence-corrected chi connectivity index (χ2v) is 8.30. The van der Waals surface area contributed by atoms with Gasteiger partial charge in [-0.1, -0.05) is 17.7 Å². The van der Waals surface area contributed by atoms with Crippen LogP contribution >= 0.6 is 11.6 Å². The summed E-state index contributed by atoms with van der Waals surface area (Å²) in [4.78, 5) is 27.9. The van der Waals surface area contributed by atoms with E-state index in [4.69, 9.17) is 11.6 Å². The molecule has 1 aromatic carbocycles. The molecule has 29 heavy (non-hydrogen) atoms. The maximum atomic E-state index is 13.3. The molecule has 1 saturated carbocycles. The van der Waals surface area contributed by atoms with E-state index >= 15 is 0 Å². The number of likely N-dealkylation sites (tertiary alicyclic amines) is 1. The Bertz CT molecular complexity index is 1140. The van der Waals surface area contributed by atoms with E-state index in [0.717, 1.165) is 56.3 Å². The van der Waals surface area contributed by atoms with Crippen molar-refractivity contribution in [1.82, 2.24) is 24.5 Å². The van der Waals surface area contributed by atoms with Crippen LogP contribution in [0, 0.1) is 0 Å². The van der Waals surface area contributed by atoms with Crippen molar-refractivity contribution in [3.63, 3.8) is 0 Å². The zero-order chi connectivity index (χ0) is 20.0. The van der Waals surface area contributed by atoms with E-state index in [1.807, 2.05) is 17.0 Å². The first-order valence-corrected chi connectivity index (χ1v) is 10.5. The average molecular weight is 412 g/mol. The van der Waals surface area contributed by atoms with Gasteiger partial charge in [0.2, 0.25) is 5.91 Å². The molecule has 150 valence electrons. The fourth-order valence-electron chi connectivity index (χ4n) is 4.03. The molecule has 3 heterocycles. The van der Waals surface area contributed by atoms with Gasteiger partial charge in [0.25, 0.3) is 5.56 Å². The molecule has 0 unspecified atom stereocenters. The first-order valence-electron chi connectivity index (χ1n) is 10.1. The van der Waals surface area contributed by atoms with Gasteiger partial charge in [0.05, 0.1) is 17.6 Å². The molecule has 0 N–H and O–H groups in total. The number of benzene rings is 1. The Balaban J connectivity index is 1.61. The molecule has 3 aromatic rings. The Morgan fingerprint density at radius 1 is 1.17 bits per heavy atom. The van der Waals surface area contributed by atoms with E-state index in [-0.39, 0.29) is 18.0 Å². The third kappa shape index (κ3) is 3.44. The van der Waals surface area contributed by atoms with Crippen LogP contribution in [0.2, 0.25) is 5.02 Å². The summed E-state index contributed by atoms with van der Waals surface area (Å²) in [5.41, 5.74) is 1.73. The van der Waals surface area contributed by atoms with Crippen LogP contribution in [-0.2, 0) is 11.3 Å². The largest absolute Gasteiger partial charge is 0.341 e. The van der Waals surface area contributed by atoms with Crippen LogP contribution in [0.4, 0.5) is 0 Å². The lowest BCUT2D eigenvalue weighted by Crippen LogP contribution is -2.40. The highest BCUT2D eigenvalue weighted by Gasteiger charge is 2.31. The SMILES string of the molecule is O=C(Cn1nc(C2CC2)c2cnn(-c3cccc(Cl)c3)c2c1=O)N1CCCCC1. The highest BCUT2D eigenvalue weighted by Crippen LogP contribution is 2.41. The first kappa shape index (κ1) is 18.4. The van der Waals surface area contributed by atoms with Crippen molar-refractivity contribution < 1.29 is 4.79 Å². The molecule has 7 nitrogen and oxygen atoms in total. The molecule has 1 aliphatic heterocycles. The molecule has 1 saturated heterocycles. The number of aromatic nitrogens is 4. The molecule has 0 bridgehead atoms. The third-order valence-electron chi connectivity index (χ3n) is 5.72. The summed E-state index contributed by atoms with van der Waals surface area (Å²) in [5.74, 6) is 0.278. The summed E-state index contributed by atoms with van der Waals surface area (Å²) in [6, 6.07) is 7.24. The maximum Gasteiger partial charge on any atom is 0.293 e. The van der Waals surface area contributed by atoms with Gasteiger partial charge in [-0.2, -0.15) is 10.2 Å². The second-order valence-electron chi connectivity index (χ2n) is 7.86. The van der Waals surface area contributed by atoms with Gasteiger partial charge in [-0.25, -0.2) is 9.36 Å². The molecule has 0 radical (unpaired) electrons. The van der Waals surface area contributed by atoms with Crippen LogP contribution < -0.4 is 5.56 Å². The van der Waals surface area contributed by atoms with E-state index in [1.165, 1.54) is 4.68 Å². The number of rotatable bonds is 4. The Morgan fingerprint density at radius 2 is 1.97 bits per heavy atom. The van der Waals surface area contributed by atoms with Crippen LogP contribution in [-0.4, -0.2) is 43.5 Å². The lowest BCUT2D eigenvalue weighted by molar-refractivity contribution is -0.133. The molecule has 1 aliphatic carbocycles. The number of halogens is 1. The smallest absolute Gasteiger partial charge is 0.293 e. The van der Waals surface area contributed by atoms with Crippen LogP contribution in [0.25, 0.3) is 16.6 Å². The van der Waals surface area contributed by atoms with Gasteiger partial charge in [-0.05, 0) is 50.3 Å². The second kappa shape index (κ2) is 7.30. The van der Waals surface area contributed by atoms with Crippen molar-refractivity contribution in [1.29, 1.82) is 0 Å². The van der Waals surface area contributed by atoms with Crippen molar-refractivity contribution in [2.45, 2.75) is 44.6 Å². The van der Waals surface area contributed by atoms with Crippen molar-refractivity contribution in [2.75, 3.05) is 13.1 Å². The quantitative estimate of drug-likeness (QED) is 0.661. The summed E-state index contributed by atoms with van der Waals surface area (Å²) in [7, 11) is 0. The highest BCUT2D eigenvalue weighted by molar-refractivity contribution is 6.30. The number of hydrogen-bond donors (Lipinski definition) is 0. The van der Waals surface area contributed by atoms with Gasteiger partial charge >= 0.3 is 0 Å². The standard InChI is InChI=1S/C21H22ClN5O2/c22-15-5-4-6-16(11-15)27-20-17(12-23-27)19(14-7-8-14)24-26(21(20)29)13-18(28)25-9-2-1-3-10-25/h4-6,11-12,14H,1-3,7-10,13H2. The molecule has 0 spiro atoms. The molecular formula is C21H22ClN5O2. The molecule has 0 atom stereocenters. The number of piperidine rings is 1. The van der Waals surface area contributed by atoms with Crippen LogP contribution in [0.3, 0.4) is 0 Å². The van der Waals surface area contributed by atoms with Crippen LogP contribution in [0.1, 0.15) is 43.7 Å². The highest BCUT2D eigenvalue weighted by atomic mass is 35.5. The number of amides is 1. The molecule has 5 rings (SSSR count). The summed E-state index contributed by atoms with van der Waals surface area (Å²) >= 11 is 6.14. The topological polar surface area (TPSA) is 73.0 Å². The van der Waals surface area contributed by atoms with Gasteiger partial charge in [-0.3, -0.25) is 9.59 Å². The molecule has 8 heteroatoms. The van der Waals surface area contributed by atoms with Crippen LogP contribution in [0.15, 0.2) is 35.3 Å². The average Bonchev–Trinajstić information content (AvgIpc) is 3.48. The van der Waals surface area contributed by atoms with Gasteiger partial charge in [-0.15, -0.1) is 0 Å². The Hall–Kier alpha value is -2.67. The molecule has 2 aromatic heterocycles. The van der Waals surface area contributed by atoms with Gasteiger partial charge in [0.15, 0.2) is 0 Å². The Labute approximate surface area is 172 Å². The minimum absolute atomic E-state index is 0.0325. The van der Waals surface area contributed by atoms with E-state index in [9.17, 15) is 9.59 Å². The number of nitrogens with zero attached hydrogens (tertiary/aromatic N) is 5. The summed E-state index contributed by atoms with van der Waals surface area (Å²) in [5, 5.41) is 10.4. The van der Waals surface area contributed by atoms with E-state index in [1.54, 1.807) is 23.0 Å². The Morgan fingerprint density at radius 3 is 2.69 bits per heavy atom. The number of carbonyl (C=O) groups excluding carboxylic acids is 1. The minimum atomic E-state index is -0.299. The van der Waals surface area contributed by atoms with E-state index < -0.39 is 0 Å². The van der Waals surface area contributed by atoms with Crippen molar-refractivity contribution in [3.05, 3.63) is 51.5 Å². The molecule has 2 aliphatic rings. The molecule has 1 amide bonds. The third-order valence-corrected chi connectivity index (χ3v) is 5.96. The lowest BCUT2D eigenvalue weighted by atomic mass is 10.1. The van der Waals surface area contributed by atoms with Crippen LogP contribution in [0.5, 0.6) is 0 Å². The number of carbonyl (C=O) groups is 1. The van der Waals surface area contributed by atoms with Crippen molar-refractivity contribution in [2.24, 2.45) is 0 Å². The summed E-state index contributed by atoms with van der Waals surface area (Å²) < 4.78 is 2.94. The monoisotopic (exact) mass is 411 g/mol. The van der Waals surface area contributed by atoms with E-state index in [2.05, 4.69) is 10.2 Å². The fraction of sp³-hybridized carbons (Fsp3) is 0.429. The predicted molar refractivity (Wildman–Crippen MR) is 111 cm³/mol.